The molecule has 0 radical (unpaired) electrons. The highest BCUT2D eigenvalue weighted by Gasteiger charge is 2.61. The van der Waals surface area contributed by atoms with Crippen LogP contribution in [0.5, 0.6) is 0 Å². The van der Waals surface area contributed by atoms with Gasteiger partial charge >= 0.3 is 0 Å². The molecule has 6 nitrogen and oxygen atoms in total. The van der Waals surface area contributed by atoms with E-state index < -0.39 is 15.7 Å². The highest BCUT2D eigenvalue weighted by molar-refractivity contribution is 7.89. The molecule has 2 aliphatic heterocycles. The normalized spacial score (nSPS) is 23.1. The van der Waals surface area contributed by atoms with Crippen molar-refractivity contribution in [3.05, 3.63) is 59.7 Å². The molecule has 1 unspecified atom stereocenters. The minimum absolute atomic E-state index is 0.252. The van der Waals surface area contributed by atoms with E-state index in [4.69, 9.17) is 4.84 Å². The number of fused-ring (bicyclic) bond motifs is 1. The van der Waals surface area contributed by atoms with E-state index in [9.17, 15) is 8.42 Å². The summed E-state index contributed by atoms with van der Waals surface area (Å²) in [6.45, 7) is 4.36. The number of nitrogens with zero attached hydrogens (tertiary/aromatic N) is 3. The second-order valence-electron chi connectivity index (χ2n) is 8.10. The van der Waals surface area contributed by atoms with Gasteiger partial charge in [-0.15, -0.1) is 0 Å². The second kappa shape index (κ2) is 6.06. The third-order valence-corrected chi connectivity index (χ3v) is 7.97. The van der Waals surface area contributed by atoms with Gasteiger partial charge < -0.3 is 9.74 Å². The number of oxime groups is 1. The van der Waals surface area contributed by atoms with Crippen molar-refractivity contribution < 1.29 is 13.3 Å². The maximum absolute atomic E-state index is 12.3. The summed E-state index contributed by atoms with van der Waals surface area (Å²) < 4.78 is 25.8. The average Bonchev–Trinajstić information content (AvgIpc) is 3.20. The first kappa shape index (κ1) is 19.0. The number of sulfonamides is 1. The highest BCUT2D eigenvalue weighted by atomic mass is 32.2. The largest absolute Gasteiger partial charge is 0.366 e. The smallest absolute Gasteiger partial charge is 0.242 e. The van der Waals surface area contributed by atoms with Crippen LogP contribution in [-0.4, -0.2) is 45.3 Å². The fraction of sp³-hybridized carbons (Fsp3) is 0.381. The lowest BCUT2D eigenvalue weighted by atomic mass is 9.75. The van der Waals surface area contributed by atoms with E-state index in [1.165, 1.54) is 24.0 Å². The number of hydrogen-bond acceptors (Lipinski definition) is 5. The van der Waals surface area contributed by atoms with E-state index in [0.717, 1.165) is 17.0 Å². The van der Waals surface area contributed by atoms with E-state index >= 15 is 0 Å². The Balaban J connectivity index is 1.65. The lowest BCUT2D eigenvalue weighted by molar-refractivity contribution is -0.0591. The van der Waals surface area contributed by atoms with E-state index in [1.807, 2.05) is 19.2 Å². The van der Waals surface area contributed by atoms with Crippen LogP contribution in [0.3, 0.4) is 0 Å². The van der Waals surface area contributed by atoms with Crippen LogP contribution < -0.4 is 4.90 Å². The van der Waals surface area contributed by atoms with Crippen LogP contribution in [-0.2, 0) is 20.3 Å². The molecule has 7 heteroatoms. The standard InChI is InChI=1S/C21H25N3O3S/c1-20(2)17-8-6-7-9-19(17)24(5)21(20)14-18(22-27-21)15-10-12-16(13-11-15)28(25,26)23(3)4/h6-13H,14H2,1-5H3. The van der Waals surface area contributed by atoms with Crippen molar-refractivity contribution in [3.63, 3.8) is 0 Å². The summed E-state index contributed by atoms with van der Waals surface area (Å²) in [5.41, 5.74) is 3.23. The maximum Gasteiger partial charge on any atom is 0.242 e. The van der Waals surface area contributed by atoms with Crippen LogP contribution in [0.15, 0.2) is 58.6 Å². The molecule has 4 rings (SSSR count). The number of likely N-dealkylation sites (N-methyl/N-ethyl adjacent to an activating group) is 1. The Labute approximate surface area is 166 Å². The van der Waals surface area contributed by atoms with Crippen molar-refractivity contribution in [1.82, 2.24) is 4.31 Å². The maximum atomic E-state index is 12.3. The zero-order valence-electron chi connectivity index (χ0n) is 16.8. The van der Waals surface area contributed by atoms with Crippen LogP contribution in [0.25, 0.3) is 0 Å². The number of rotatable bonds is 3. The molecule has 1 atom stereocenters. The first-order chi connectivity index (χ1) is 13.1. The molecule has 1 spiro atoms. The van der Waals surface area contributed by atoms with Crippen molar-refractivity contribution in [2.45, 2.75) is 36.3 Å². The van der Waals surface area contributed by atoms with Gasteiger partial charge in [-0.05, 0) is 43.2 Å². The van der Waals surface area contributed by atoms with Crippen LogP contribution in [0, 0.1) is 0 Å². The number of para-hydroxylation sites is 1. The fourth-order valence-electron chi connectivity index (χ4n) is 4.24. The Hall–Kier alpha value is -2.38. The predicted molar refractivity (Wildman–Crippen MR) is 110 cm³/mol. The van der Waals surface area contributed by atoms with Gasteiger partial charge in [0.1, 0.15) is 0 Å². The number of anilines is 1. The molecule has 148 valence electrons. The van der Waals surface area contributed by atoms with Gasteiger partial charge in [-0.1, -0.05) is 35.5 Å². The zero-order valence-corrected chi connectivity index (χ0v) is 17.6. The molecule has 0 aliphatic carbocycles. The van der Waals surface area contributed by atoms with Gasteiger partial charge in [0.2, 0.25) is 15.7 Å². The van der Waals surface area contributed by atoms with Gasteiger partial charge in [0.15, 0.2) is 0 Å². The predicted octanol–water partition coefficient (Wildman–Crippen LogP) is 3.19. The van der Waals surface area contributed by atoms with E-state index in [2.05, 4.69) is 36.0 Å². The van der Waals surface area contributed by atoms with E-state index in [0.29, 0.717) is 6.42 Å². The van der Waals surface area contributed by atoms with Gasteiger partial charge in [0, 0.05) is 26.8 Å². The first-order valence-electron chi connectivity index (χ1n) is 9.23. The van der Waals surface area contributed by atoms with Crippen LogP contribution >= 0.6 is 0 Å². The number of benzene rings is 2. The molecule has 0 bridgehead atoms. The minimum atomic E-state index is -3.45. The SMILES string of the molecule is CN1c2ccccc2C(C)(C)C12CC(c1ccc(S(=O)(=O)N(C)C)cc1)=NO2. The van der Waals surface area contributed by atoms with Gasteiger partial charge in [-0.3, -0.25) is 0 Å². The lowest BCUT2D eigenvalue weighted by Gasteiger charge is -2.40. The summed E-state index contributed by atoms with van der Waals surface area (Å²) in [5, 5.41) is 4.41. The third kappa shape index (κ3) is 2.42. The number of hydrogen-bond donors (Lipinski definition) is 0. The topological polar surface area (TPSA) is 62.2 Å². The summed E-state index contributed by atoms with van der Waals surface area (Å²) >= 11 is 0. The average molecular weight is 400 g/mol. The molecule has 28 heavy (non-hydrogen) atoms. The quantitative estimate of drug-likeness (QED) is 0.795. The monoisotopic (exact) mass is 399 g/mol. The molecular formula is C21H25N3O3S. The molecule has 0 fully saturated rings. The molecule has 0 N–H and O–H groups in total. The first-order valence-corrected chi connectivity index (χ1v) is 10.7. The molecule has 2 aromatic rings. The highest BCUT2D eigenvalue weighted by Crippen LogP contribution is 2.55. The fourth-order valence-corrected chi connectivity index (χ4v) is 5.14. The Morgan fingerprint density at radius 2 is 1.71 bits per heavy atom. The molecule has 0 saturated carbocycles. The zero-order chi connectivity index (χ0) is 20.3. The Morgan fingerprint density at radius 1 is 1.07 bits per heavy atom. The third-order valence-electron chi connectivity index (χ3n) is 6.14. The molecule has 2 heterocycles. The Morgan fingerprint density at radius 3 is 2.32 bits per heavy atom. The summed E-state index contributed by atoms with van der Waals surface area (Å²) in [5.74, 6) is 0. The van der Waals surface area contributed by atoms with Gasteiger partial charge in [-0.2, -0.15) is 0 Å². The van der Waals surface area contributed by atoms with Crippen molar-refractivity contribution in [3.8, 4) is 0 Å². The lowest BCUT2D eigenvalue weighted by Crippen LogP contribution is -2.54. The minimum Gasteiger partial charge on any atom is -0.366 e. The summed E-state index contributed by atoms with van der Waals surface area (Å²) in [7, 11) is 1.64. The van der Waals surface area contributed by atoms with Gasteiger partial charge in [0.05, 0.1) is 22.4 Å². The van der Waals surface area contributed by atoms with Crippen LogP contribution in [0.1, 0.15) is 31.4 Å². The Kier molecular flexibility index (Phi) is 4.10. The molecule has 0 saturated heterocycles. The molecule has 0 aromatic heterocycles. The molecule has 0 amide bonds. The molecule has 2 aliphatic rings. The summed E-state index contributed by atoms with van der Waals surface area (Å²) in [4.78, 5) is 8.54. The van der Waals surface area contributed by atoms with Gasteiger partial charge in [0.25, 0.3) is 0 Å². The van der Waals surface area contributed by atoms with Crippen molar-refractivity contribution >= 4 is 21.4 Å². The summed E-state index contributed by atoms with van der Waals surface area (Å²) in [6, 6.07) is 15.2. The van der Waals surface area contributed by atoms with E-state index in [-0.39, 0.29) is 10.3 Å². The van der Waals surface area contributed by atoms with Crippen molar-refractivity contribution in [1.29, 1.82) is 0 Å². The van der Waals surface area contributed by atoms with Crippen LogP contribution in [0.4, 0.5) is 5.69 Å². The summed E-state index contributed by atoms with van der Waals surface area (Å²) in [6.07, 6.45) is 0.616. The molecular weight excluding hydrogens is 374 g/mol. The van der Waals surface area contributed by atoms with Crippen molar-refractivity contribution in [2.24, 2.45) is 5.16 Å². The molecule has 2 aromatic carbocycles. The van der Waals surface area contributed by atoms with Crippen molar-refractivity contribution in [2.75, 3.05) is 26.0 Å². The van der Waals surface area contributed by atoms with Gasteiger partial charge in [-0.25, -0.2) is 12.7 Å². The second-order valence-corrected chi connectivity index (χ2v) is 10.3. The Bertz CT molecular complexity index is 1060. The van der Waals surface area contributed by atoms with Crippen LogP contribution in [0.2, 0.25) is 0 Å². The van der Waals surface area contributed by atoms with E-state index in [1.54, 1.807) is 24.3 Å².